The highest BCUT2D eigenvalue weighted by Crippen LogP contribution is 2.34. The molecule has 0 spiro atoms. The average molecular weight is 281 g/mol. The van der Waals surface area contributed by atoms with Crippen molar-refractivity contribution in [3.05, 3.63) is 11.7 Å². The predicted molar refractivity (Wildman–Crippen MR) is 77.1 cm³/mol. The van der Waals surface area contributed by atoms with Crippen molar-refractivity contribution in [2.24, 2.45) is 17.1 Å². The Morgan fingerprint density at radius 1 is 1.35 bits per heavy atom. The molecule has 20 heavy (non-hydrogen) atoms. The number of nitrogens with two attached hydrogens (primary N) is 1. The first-order valence-corrected chi connectivity index (χ1v) is 7.52. The molecule has 0 bridgehead atoms. The third-order valence-corrected chi connectivity index (χ3v) is 4.15. The number of hydrogen-bond donors (Lipinski definition) is 1. The van der Waals surface area contributed by atoms with Crippen LogP contribution in [0.5, 0.6) is 0 Å². The van der Waals surface area contributed by atoms with Gasteiger partial charge in [-0.05, 0) is 24.2 Å². The molecule has 1 heterocycles. The van der Waals surface area contributed by atoms with Crippen molar-refractivity contribution in [2.45, 2.75) is 65.0 Å². The normalized spacial score (nSPS) is 25.6. The summed E-state index contributed by atoms with van der Waals surface area (Å²) in [6.07, 6.45) is 5.39. The highest BCUT2D eigenvalue weighted by molar-refractivity contribution is 4.98. The van der Waals surface area contributed by atoms with E-state index in [1.54, 1.807) is 7.11 Å². The van der Waals surface area contributed by atoms with E-state index in [2.05, 4.69) is 30.9 Å². The molecule has 0 saturated heterocycles. The van der Waals surface area contributed by atoms with Crippen LogP contribution in [0, 0.1) is 11.3 Å². The highest BCUT2D eigenvalue weighted by atomic mass is 16.5. The molecular formula is C15H27N3O2. The Kier molecular flexibility index (Phi) is 4.81. The van der Waals surface area contributed by atoms with Gasteiger partial charge >= 0.3 is 0 Å². The Labute approximate surface area is 121 Å². The molecule has 1 aliphatic carbocycles. The lowest BCUT2D eigenvalue weighted by atomic mass is 9.83. The molecule has 2 rings (SSSR count). The minimum atomic E-state index is -0.153. The summed E-state index contributed by atoms with van der Waals surface area (Å²) in [5.74, 6) is 1.79. The molecule has 0 aromatic carbocycles. The lowest BCUT2D eigenvalue weighted by Crippen LogP contribution is -2.34. The van der Waals surface area contributed by atoms with Gasteiger partial charge in [0.15, 0.2) is 0 Å². The number of nitrogens with zero attached hydrogens (tertiary/aromatic N) is 2. The fraction of sp³-hybridized carbons (Fsp3) is 0.867. The fourth-order valence-corrected chi connectivity index (χ4v) is 3.02. The zero-order valence-electron chi connectivity index (χ0n) is 13.1. The summed E-state index contributed by atoms with van der Waals surface area (Å²) in [5.41, 5.74) is 6.12. The maximum Gasteiger partial charge on any atom is 0.227 e. The maximum atomic E-state index is 6.17. The Hall–Kier alpha value is -0.940. The van der Waals surface area contributed by atoms with E-state index in [4.69, 9.17) is 15.0 Å². The van der Waals surface area contributed by atoms with Crippen LogP contribution in [0.3, 0.4) is 0 Å². The summed E-state index contributed by atoms with van der Waals surface area (Å²) in [6, 6.07) is 0.264. The van der Waals surface area contributed by atoms with Gasteiger partial charge in [-0.1, -0.05) is 38.8 Å². The van der Waals surface area contributed by atoms with Gasteiger partial charge in [-0.15, -0.1) is 0 Å². The summed E-state index contributed by atoms with van der Waals surface area (Å²) in [6.45, 7) is 6.32. The summed E-state index contributed by atoms with van der Waals surface area (Å²) in [5, 5.41) is 4.09. The first-order valence-electron chi connectivity index (χ1n) is 7.52. The Morgan fingerprint density at radius 2 is 2.05 bits per heavy atom. The largest absolute Gasteiger partial charge is 0.373 e. The van der Waals surface area contributed by atoms with Crippen LogP contribution in [-0.2, 0) is 11.2 Å². The molecule has 3 atom stereocenters. The lowest BCUT2D eigenvalue weighted by Gasteiger charge is -2.27. The van der Waals surface area contributed by atoms with Gasteiger partial charge in [0.2, 0.25) is 11.7 Å². The van der Waals surface area contributed by atoms with Crippen molar-refractivity contribution in [2.75, 3.05) is 7.11 Å². The summed E-state index contributed by atoms with van der Waals surface area (Å²) in [4.78, 5) is 4.52. The minimum absolute atomic E-state index is 0.0584. The standard InChI is InChI=1S/C15H27N3O2/c1-15(2,3)13(19-4)14-17-12(20-18-14)9-10-7-5-6-8-11(10)16/h10-11,13H,5-9,16H2,1-4H3. The smallest absolute Gasteiger partial charge is 0.227 e. The van der Waals surface area contributed by atoms with Gasteiger partial charge in [0.25, 0.3) is 0 Å². The highest BCUT2D eigenvalue weighted by Gasteiger charge is 2.31. The van der Waals surface area contributed by atoms with Crippen molar-refractivity contribution in [1.29, 1.82) is 0 Å². The topological polar surface area (TPSA) is 74.2 Å². The van der Waals surface area contributed by atoms with Crippen LogP contribution < -0.4 is 5.73 Å². The zero-order valence-corrected chi connectivity index (χ0v) is 13.1. The van der Waals surface area contributed by atoms with Gasteiger partial charge in [-0.25, -0.2) is 0 Å². The number of methoxy groups -OCH3 is 1. The van der Waals surface area contributed by atoms with E-state index in [0.717, 1.165) is 19.3 Å². The molecule has 1 aromatic rings. The summed E-state index contributed by atoms with van der Waals surface area (Å²) < 4.78 is 10.9. The number of rotatable bonds is 4. The second-order valence-corrected chi connectivity index (χ2v) is 6.94. The summed E-state index contributed by atoms with van der Waals surface area (Å²) >= 11 is 0. The molecule has 1 saturated carbocycles. The van der Waals surface area contributed by atoms with E-state index in [9.17, 15) is 0 Å². The van der Waals surface area contributed by atoms with Crippen LogP contribution >= 0.6 is 0 Å². The van der Waals surface area contributed by atoms with E-state index >= 15 is 0 Å². The number of aromatic nitrogens is 2. The van der Waals surface area contributed by atoms with Gasteiger partial charge in [0.1, 0.15) is 6.10 Å². The van der Waals surface area contributed by atoms with Crippen molar-refractivity contribution in [3.8, 4) is 0 Å². The van der Waals surface area contributed by atoms with Crippen LogP contribution in [-0.4, -0.2) is 23.3 Å². The quantitative estimate of drug-likeness (QED) is 0.918. The van der Waals surface area contributed by atoms with Gasteiger partial charge < -0.3 is 15.0 Å². The second-order valence-electron chi connectivity index (χ2n) is 6.94. The zero-order chi connectivity index (χ0) is 14.8. The first kappa shape index (κ1) is 15.4. The molecule has 1 fully saturated rings. The molecule has 0 aliphatic heterocycles. The van der Waals surface area contributed by atoms with E-state index < -0.39 is 0 Å². The monoisotopic (exact) mass is 281 g/mol. The molecule has 5 nitrogen and oxygen atoms in total. The van der Waals surface area contributed by atoms with Gasteiger partial charge in [0, 0.05) is 19.6 Å². The number of hydrogen-bond acceptors (Lipinski definition) is 5. The third kappa shape index (κ3) is 3.58. The van der Waals surface area contributed by atoms with Crippen molar-refractivity contribution in [3.63, 3.8) is 0 Å². The molecule has 1 aliphatic rings. The molecule has 2 N–H and O–H groups in total. The molecule has 0 radical (unpaired) electrons. The molecule has 114 valence electrons. The first-order chi connectivity index (χ1) is 9.41. The van der Waals surface area contributed by atoms with Crippen LogP contribution in [0.4, 0.5) is 0 Å². The average Bonchev–Trinajstić information content (AvgIpc) is 2.79. The Bertz CT molecular complexity index is 425. The molecular weight excluding hydrogens is 254 g/mol. The van der Waals surface area contributed by atoms with E-state index in [-0.39, 0.29) is 17.6 Å². The van der Waals surface area contributed by atoms with E-state index in [0.29, 0.717) is 17.6 Å². The van der Waals surface area contributed by atoms with E-state index in [1.165, 1.54) is 12.8 Å². The minimum Gasteiger partial charge on any atom is -0.373 e. The van der Waals surface area contributed by atoms with Crippen LogP contribution in [0.1, 0.15) is 64.3 Å². The fourth-order valence-electron chi connectivity index (χ4n) is 3.02. The Morgan fingerprint density at radius 3 is 2.65 bits per heavy atom. The van der Waals surface area contributed by atoms with E-state index in [1.807, 2.05) is 0 Å². The summed E-state index contributed by atoms with van der Waals surface area (Å²) in [7, 11) is 1.68. The number of ether oxygens (including phenoxy) is 1. The predicted octanol–water partition coefficient (Wildman–Crippen LogP) is 2.86. The second kappa shape index (κ2) is 6.22. The van der Waals surface area contributed by atoms with Crippen molar-refractivity contribution >= 4 is 0 Å². The SMILES string of the molecule is COC(c1noc(CC2CCCCC2N)n1)C(C)(C)C. The molecule has 1 aromatic heterocycles. The maximum absolute atomic E-state index is 6.17. The van der Waals surface area contributed by atoms with Crippen molar-refractivity contribution in [1.82, 2.24) is 10.1 Å². The van der Waals surface area contributed by atoms with Crippen molar-refractivity contribution < 1.29 is 9.26 Å². The molecule has 0 amide bonds. The third-order valence-electron chi connectivity index (χ3n) is 4.15. The van der Waals surface area contributed by atoms with Gasteiger partial charge in [-0.3, -0.25) is 0 Å². The van der Waals surface area contributed by atoms with Crippen LogP contribution in [0.25, 0.3) is 0 Å². The van der Waals surface area contributed by atoms with Crippen LogP contribution in [0.15, 0.2) is 4.52 Å². The van der Waals surface area contributed by atoms with Gasteiger partial charge in [-0.2, -0.15) is 4.98 Å². The molecule has 5 heteroatoms. The van der Waals surface area contributed by atoms with Crippen LogP contribution in [0.2, 0.25) is 0 Å². The van der Waals surface area contributed by atoms with Gasteiger partial charge in [0.05, 0.1) is 0 Å². The lowest BCUT2D eigenvalue weighted by molar-refractivity contribution is 0.00718. The Balaban J connectivity index is 2.05. The molecule has 3 unspecified atom stereocenters.